The molecule has 21 heavy (non-hydrogen) atoms. The maximum atomic E-state index is 12.6. The van der Waals surface area contributed by atoms with Crippen LogP contribution in [-0.4, -0.2) is 29.0 Å². The smallest absolute Gasteiger partial charge is 0.146 e. The molecule has 120 valence electrons. The molecule has 0 aromatic heterocycles. The van der Waals surface area contributed by atoms with Crippen molar-refractivity contribution in [1.82, 2.24) is 0 Å². The topological polar surface area (TPSA) is 26.3 Å². The molecule has 0 N–H and O–H groups in total. The Labute approximate surface area is 133 Å². The van der Waals surface area contributed by atoms with E-state index in [1.807, 2.05) is 11.8 Å². The van der Waals surface area contributed by atoms with Gasteiger partial charge in [-0.2, -0.15) is 11.8 Å². The SMILES string of the molecule is O=C(CSC1CCCCC1)C1CCOC2(CCCCC2)C1. The standard InChI is InChI=1S/C18H30O2S/c19-17(14-21-16-7-3-1-4-8-16)15-9-12-20-18(13-15)10-5-2-6-11-18/h15-16H,1-14H2. The molecule has 0 amide bonds. The lowest BCUT2D eigenvalue weighted by Gasteiger charge is -2.43. The minimum Gasteiger partial charge on any atom is -0.375 e. The third-order valence-electron chi connectivity index (χ3n) is 5.73. The van der Waals surface area contributed by atoms with E-state index < -0.39 is 0 Å². The monoisotopic (exact) mass is 310 g/mol. The molecule has 1 saturated heterocycles. The Bertz CT molecular complexity index is 338. The fourth-order valence-corrected chi connectivity index (χ4v) is 5.70. The lowest BCUT2D eigenvalue weighted by Crippen LogP contribution is -2.43. The summed E-state index contributed by atoms with van der Waals surface area (Å²) in [5.41, 5.74) is 0.0757. The lowest BCUT2D eigenvalue weighted by atomic mass is 9.75. The van der Waals surface area contributed by atoms with Gasteiger partial charge in [-0.1, -0.05) is 38.5 Å². The summed E-state index contributed by atoms with van der Waals surface area (Å²) < 4.78 is 6.12. The van der Waals surface area contributed by atoms with Crippen molar-refractivity contribution in [3.63, 3.8) is 0 Å². The van der Waals surface area contributed by atoms with E-state index in [0.29, 0.717) is 5.78 Å². The fraction of sp³-hybridized carbons (Fsp3) is 0.944. The highest BCUT2D eigenvalue weighted by molar-refractivity contribution is 8.00. The summed E-state index contributed by atoms with van der Waals surface area (Å²) in [6.45, 7) is 0.810. The molecule has 1 atom stereocenters. The molecule has 1 aliphatic heterocycles. The quantitative estimate of drug-likeness (QED) is 0.749. The summed E-state index contributed by atoms with van der Waals surface area (Å²) in [6, 6.07) is 0. The second kappa shape index (κ2) is 7.50. The number of ketones is 1. The Morgan fingerprint density at radius 1 is 1.00 bits per heavy atom. The van der Waals surface area contributed by atoms with Crippen LogP contribution in [0.25, 0.3) is 0 Å². The van der Waals surface area contributed by atoms with Crippen LogP contribution in [0.2, 0.25) is 0 Å². The van der Waals surface area contributed by atoms with Crippen LogP contribution >= 0.6 is 11.8 Å². The van der Waals surface area contributed by atoms with Gasteiger partial charge in [0.1, 0.15) is 5.78 Å². The molecule has 2 saturated carbocycles. The van der Waals surface area contributed by atoms with Gasteiger partial charge in [0, 0.05) is 17.8 Å². The second-order valence-corrected chi connectivity index (χ2v) is 8.61. The van der Waals surface area contributed by atoms with E-state index in [1.165, 1.54) is 64.2 Å². The molecule has 3 fully saturated rings. The zero-order valence-electron chi connectivity index (χ0n) is 13.3. The molecule has 1 unspecified atom stereocenters. The first-order valence-corrected chi connectivity index (χ1v) is 10.1. The number of Topliss-reactive ketones (excluding diaryl/α,β-unsaturated/α-hetero) is 1. The third-order valence-corrected chi connectivity index (χ3v) is 7.12. The van der Waals surface area contributed by atoms with Crippen molar-refractivity contribution in [2.75, 3.05) is 12.4 Å². The highest BCUT2D eigenvalue weighted by Gasteiger charge is 2.40. The van der Waals surface area contributed by atoms with E-state index in [0.717, 1.165) is 30.5 Å². The predicted molar refractivity (Wildman–Crippen MR) is 88.8 cm³/mol. The number of thioether (sulfide) groups is 1. The van der Waals surface area contributed by atoms with Gasteiger partial charge in [0.25, 0.3) is 0 Å². The Morgan fingerprint density at radius 2 is 1.71 bits per heavy atom. The van der Waals surface area contributed by atoms with Crippen LogP contribution in [0.3, 0.4) is 0 Å². The summed E-state index contributed by atoms with van der Waals surface area (Å²) in [7, 11) is 0. The maximum Gasteiger partial charge on any atom is 0.146 e. The van der Waals surface area contributed by atoms with Gasteiger partial charge >= 0.3 is 0 Å². The van der Waals surface area contributed by atoms with E-state index in [9.17, 15) is 4.79 Å². The molecule has 0 radical (unpaired) electrons. The zero-order chi connectivity index (χ0) is 14.5. The summed E-state index contributed by atoms with van der Waals surface area (Å²) in [5.74, 6) is 1.55. The number of carbonyl (C=O) groups excluding carboxylic acids is 1. The number of hydrogen-bond acceptors (Lipinski definition) is 3. The fourth-order valence-electron chi connectivity index (χ4n) is 4.40. The Hall–Kier alpha value is -0.0200. The van der Waals surface area contributed by atoms with Gasteiger partial charge in [0.2, 0.25) is 0 Å². The summed E-state index contributed by atoms with van der Waals surface area (Å²) in [6.07, 6.45) is 15.1. The molecule has 2 nitrogen and oxygen atoms in total. The van der Waals surface area contributed by atoms with Gasteiger partial charge in [0.15, 0.2) is 0 Å². The van der Waals surface area contributed by atoms with Crippen molar-refractivity contribution in [2.24, 2.45) is 5.92 Å². The van der Waals surface area contributed by atoms with Crippen molar-refractivity contribution >= 4 is 17.5 Å². The van der Waals surface area contributed by atoms with Crippen LogP contribution in [0, 0.1) is 5.92 Å². The number of rotatable bonds is 4. The van der Waals surface area contributed by atoms with Crippen molar-refractivity contribution in [3.05, 3.63) is 0 Å². The van der Waals surface area contributed by atoms with Gasteiger partial charge in [-0.15, -0.1) is 0 Å². The highest BCUT2D eigenvalue weighted by Crippen LogP contribution is 2.41. The highest BCUT2D eigenvalue weighted by atomic mass is 32.2. The van der Waals surface area contributed by atoms with E-state index in [2.05, 4.69) is 0 Å². The molecule has 0 aromatic rings. The van der Waals surface area contributed by atoms with E-state index >= 15 is 0 Å². The van der Waals surface area contributed by atoms with E-state index in [4.69, 9.17) is 4.74 Å². The lowest BCUT2D eigenvalue weighted by molar-refractivity contribution is -0.140. The molecule has 1 spiro atoms. The summed E-state index contributed by atoms with van der Waals surface area (Å²) >= 11 is 1.94. The first-order valence-electron chi connectivity index (χ1n) is 9.06. The number of carbonyl (C=O) groups is 1. The van der Waals surface area contributed by atoms with Gasteiger partial charge in [-0.3, -0.25) is 4.79 Å². The molecule has 0 bridgehead atoms. The molecule has 1 heterocycles. The summed E-state index contributed by atoms with van der Waals surface area (Å²) in [4.78, 5) is 12.6. The normalized spacial score (nSPS) is 30.4. The van der Waals surface area contributed by atoms with Crippen molar-refractivity contribution in [3.8, 4) is 0 Å². The molecule has 0 aromatic carbocycles. The van der Waals surface area contributed by atoms with E-state index in [-0.39, 0.29) is 11.5 Å². The van der Waals surface area contributed by atoms with E-state index in [1.54, 1.807) is 0 Å². The first kappa shape index (κ1) is 15.9. The average Bonchev–Trinajstić information content (AvgIpc) is 2.54. The van der Waals surface area contributed by atoms with Gasteiger partial charge in [-0.25, -0.2) is 0 Å². The van der Waals surface area contributed by atoms with Gasteiger partial charge in [-0.05, 0) is 38.5 Å². The van der Waals surface area contributed by atoms with Crippen LogP contribution < -0.4 is 0 Å². The van der Waals surface area contributed by atoms with Crippen molar-refractivity contribution in [1.29, 1.82) is 0 Å². The molecule has 2 aliphatic carbocycles. The largest absolute Gasteiger partial charge is 0.375 e. The maximum absolute atomic E-state index is 12.6. The minimum atomic E-state index is 0.0757. The Balaban J connectivity index is 1.47. The van der Waals surface area contributed by atoms with Crippen LogP contribution in [-0.2, 0) is 9.53 Å². The summed E-state index contributed by atoms with van der Waals surface area (Å²) in [5, 5.41) is 0.756. The molecular formula is C18H30O2S. The number of ether oxygens (including phenoxy) is 1. The van der Waals surface area contributed by atoms with Gasteiger partial charge in [0.05, 0.1) is 11.4 Å². The second-order valence-electron chi connectivity index (χ2n) is 7.32. The van der Waals surface area contributed by atoms with Crippen LogP contribution in [0.4, 0.5) is 0 Å². The Morgan fingerprint density at radius 3 is 2.48 bits per heavy atom. The molecule has 3 rings (SSSR count). The Kier molecular flexibility index (Phi) is 5.66. The molecule has 3 heteroatoms. The minimum absolute atomic E-state index is 0.0757. The number of hydrogen-bond donors (Lipinski definition) is 0. The third kappa shape index (κ3) is 4.25. The first-order chi connectivity index (χ1) is 10.3. The van der Waals surface area contributed by atoms with Crippen molar-refractivity contribution < 1.29 is 9.53 Å². The van der Waals surface area contributed by atoms with Crippen LogP contribution in [0.1, 0.15) is 77.0 Å². The predicted octanol–water partition coefficient (Wildman–Crippen LogP) is 4.75. The molecule has 3 aliphatic rings. The van der Waals surface area contributed by atoms with Gasteiger partial charge < -0.3 is 4.74 Å². The van der Waals surface area contributed by atoms with Crippen molar-refractivity contribution in [2.45, 2.75) is 87.9 Å². The zero-order valence-corrected chi connectivity index (χ0v) is 14.1. The average molecular weight is 311 g/mol. The molecular weight excluding hydrogens is 280 g/mol. The van der Waals surface area contributed by atoms with Crippen LogP contribution in [0.15, 0.2) is 0 Å². The van der Waals surface area contributed by atoms with Crippen LogP contribution in [0.5, 0.6) is 0 Å².